The zero-order valence-corrected chi connectivity index (χ0v) is 13.2. The maximum absolute atomic E-state index is 3.77. The summed E-state index contributed by atoms with van der Waals surface area (Å²) in [5.41, 5.74) is 0. The second-order valence-electron chi connectivity index (χ2n) is 6.93. The molecular formula is C17H34N2. The molecule has 1 unspecified atom stereocenters. The van der Waals surface area contributed by atoms with Crippen LogP contribution >= 0.6 is 0 Å². The van der Waals surface area contributed by atoms with Gasteiger partial charge in [0.05, 0.1) is 0 Å². The summed E-state index contributed by atoms with van der Waals surface area (Å²) in [6.45, 7) is 5.97. The van der Waals surface area contributed by atoms with E-state index >= 15 is 0 Å². The van der Waals surface area contributed by atoms with Crippen molar-refractivity contribution in [3.63, 3.8) is 0 Å². The Hall–Kier alpha value is -0.0800. The number of hydrogen-bond acceptors (Lipinski definition) is 2. The van der Waals surface area contributed by atoms with E-state index in [0.717, 1.165) is 24.4 Å². The first-order chi connectivity index (χ1) is 9.29. The van der Waals surface area contributed by atoms with Gasteiger partial charge in [-0.25, -0.2) is 0 Å². The van der Waals surface area contributed by atoms with Gasteiger partial charge >= 0.3 is 0 Å². The third kappa shape index (κ3) is 5.07. The smallest absolute Gasteiger partial charge is 0.0222 e. The van der Waals surface area contributed by atoms with Crippen molar-refractivity contribution in [3.8, 4) is 0 Å². The molecule has 2 rings (SSSR count). The van der Waals surface area contributed by atoms with Crippen LogP contribution in [0.4, 0.5) is 0 Å². The molecule has 0 heterocycles. The topological polar surface area (TPSA) is 15.3 Å². The third-order valence-corrected chi connectivity index (χ3v) is 5.24. The Balaban J connectivity index is 1.77. The molecule has 0 spiro atoms. The fourth-order valence-corrected chi connectivity index (χ4v) is 4.22. The van der Waals surface area contributed by atoms with Gasteiger partial charge in [0.15, 0.2) is 0 Å². The van der Waals surface area contributed by atoms with Crippen molar-refractivity contribution in [2.24, 2.45) is 11.8 Å². The second-order valence-corrected chi connectivity index (χ2v) is 6.93. The highest BCUT2D eigenvalue weighted by atomic mass is 15.1. The van der Waals surface area contributed by atoms with Crippen LogP contribution in [0.3, 0.4) is 0 Å². The van der Waals surface area contributed by atoms with Crippen molar-refractivity contribution in [1.29, 1.82) is 0 Å². The van der Waals surface area contributed by atoms with E-state index in [1.807, 2.05) is 0 Å². The Morgan fingerprint density at radius 1 is 1.00 bits per heavy atom. The molecule has 2 nitrogen and oxygen atoms in total. The fraction of sp³-hybridized carbons (Fsp3) is 1.00. The molecule has 1 atom stereocenters. The monoisotopic (exact) mass is 266 g/mol. The highest BCUT2D eigenvalue weighted by Crippen LogP contribution is 2.28. The molecule has 0 aromatic carbocycles. The van der Waals surface area contributed by atoms with E-state index in [2.05, 4.69) is 24.2 Å². The van der Waals surface area contributed by atoms with Gasteiger partial charge in [-0.05, 0) is 51.1 Å². The Kier molecular flexibility index (Phi) is 6.66. The minimum absolute atomic E-state index is 0.733. The van der Waals surface area contributed by atoms with Crippen LogP contribution in [0, 0.1) is 11.8 Å². The van der Waals surface area contributed by atoms with E-state index in [9.17, 15) is 0 Å². The van der Waals surface area contributed by atoms with Crippen molar-refractivity contribution in [1.82, 2.24) is 10.2 Å². The number of nitrogens with one attached hydrogen (secondary N) is 1. The van der Waals surface area contributed by atoms with Gasteiger partial charge in [-0.3, -0.25) is 0 Å². The van der Waals surface area contributed by atoms with Crippen molar-refractivity contribution in [3.05, 3.63) is 0 Å². The molecule has 0 saturated heterocycles. The van der Waals surface area contributed by atoms with Crippen molar-refractivity contribution in [2.45, 2.75) is 70.8 Å². The number of hydrogen-bond donors (Lipinski definition) is 1. The third-order valence-electron chi connectivity index (χ3n) is 5.24. The van der Waals surface area contributed by atoms with Crippen LogP contribution in [-0.4, -0.2) is 37.6 Å². The maximum Gasteiger partial charge on any atom is 0.0222 e. The molecule has 0 aromatic heterocycles. The van der Waals surface area contributed by atoms with E-state index in [1.165, 1.54) is 70.9 Å². The van der Waals surface area contributed by atoms with Crippen LogP contribution in [0.25, 0.3) is 0 Å². The van der Waals surface area contributed by atoms with Crippen LogP contribution in [-0.2, 0) is 0 Å². The zero-order chi connectivity index (χ0) is 13.5. The first kappa shape index (κ1) is 15.3. The van der Waals surface area contributed by atoms with Gasteiger partial charge < -0.3 is 10.2 Å². The molecule has 0 aliphatic heterocycles. The molecular weight excluding hydrogens is 232 g/mol. The number of nitrogens with zero attached hydrogens (tertiary/aromatic N) is 1. The largest absolute Gasteiger partial charge is 0.313 e. The van der Waals surface area contributed by atoms with Crippen LogP contribution in [0.5, 0.6) is 0 Å². The van der Waals surface area contributed by atoms with Gasteiger partial charge in [0.1, 0.15) is 0 Å². The highest BCUT2D eigenvalue weighted by Gasteiger charge is 2.25. The quantitative estimate of drug-likeness (QED) is 0.756. The summed E-state index contributed by atoms with van der Waals surface area (Å²) in [6.07, 6.45) is 13.2. The second kappa shape index (κ2) is 8.26. The molecule has 0 aromatic rings. The Morgan fingerprint density at radius 3 is 2.26 bits per heavy atom. The van der Waals surface area contributed by atoms with Crippen LogP contribution in [0.1, 0.15) is 64.7 Å². The van der Waals surface area contributed by atoms with E-state index < -0.39 is 0 Å². The first-order valence-electron chi connectivity index (χ1n) is 8.71. The maximum atomic E-state index is 3.77. The molecule has 0 radical (unpaired) electrons. The van der Waals surface area contributed by atoms with Gasteiger partial charge in [-0.1, -0.05) is 39.0 Å². The fourth-order valence-electron chi connectivity index (χ4n) is 4.22. The van der Waals surface area contributed by atoms with E-state index in [1.54, 1.807) is 0 Å². The predicted octanol–water partition coefficient (Wildman–Crippen LogP) is 3.67. The minimum Gasteiger partial charge on any atom is -0.313 e. The number of likely N-dealkylation sites (N-methyl/N-ethyl adjacent to an activating group) is 2. The van der Waals surface area contributed by atoms with E-state index in [0.29, 0.717) is 0 Å². The molecule has 2 aliphatic rings. The average Bonchev–Trinajstić information content (AvgIpc) is 2.92. The van der Waals surface area contributed by atoms with Crippen molar-refractivity contribution in [2.75, 3.05) is 26.7 Å². The zero-order valence-electron chi connectivity index (χ0n) is 13.2. The summed E-state index contributed by atoms with van der Waals surface area (Å²) >= 11 is 0. The lowest BCUT2D eigenvalue weighted by atomic mass is 9.83. The summed E-state index contributed by atoms with van der Waals surface area (Å²) in [5, 5.41) is 3.77. The Labute approximate surface area is 120 Å². The van der Waals surface area contributed by atoms with Gasteiger partial charge in [0.2, 0.25) is 0 Å². The summed E-state index contributed by atoms with van der Waals surface area (Å²) in [6, 6.07) is 0.733. The molecule has 112 valence electrons. The Bertz CT molecular complexity index is 229. The highest BCUT2D eigenvalue weighted by molar-refractivity contribution is 4.82. The standard InChI is InChI=1S/C17H34N2/c1-3-18-17(16-11-5-4-6-12-16)14-19(2)13-15-9-7-8-10-15/h15-18H,3-14H2,1-2H3. The summed E-state index contributed by atoms with van der Waals surface area (Å²) < 4.78 is 0. The SMILES string of the molecule is CCNC(CN(C)CC1CCCC1)C1CCCCC1. The van der Waals surface area contributed by atoms with E-state index in [-0.39, 0.29) is 0 Å². The lowest BCUT2D eigenvalue weighted by molar-refractivity contribution is 0.191. The molecule has 0 amide bonds. The lowest BCUT2D eigenvalue weighted by Crippen LogP contribution is -2.46. The Morgan fingerprint density at radius 2 is 1.63 bits per heavy atom. The van der Waals surface area contributed by atoms with Gasteiger partial charge in [-0.15, -0.1) is 0 Å². The van der Waals surface area contributed by atoms with Crippen LogP contribution < -0.4 is 5.32 Å². The van der Waals surface area contributed by atoms with E-state index in [4.69, 9.17) is 0 Å². The van der Waals surface area contributed by atoms with Gasteiger partial charge in [0, 0.05) is 19.1 Å². The lowest BCUT2D eigenvalue weighted by Gasteiger charge is -2.34. The predicted molar refractivity (Wildman–Crippen MR) is 83.5 cm³/mol. The van der Waals surface area contributed by atoms with Gasteiger partial charge in [-0.2, -0.15) is 0 Å². The number of rotatable bonds is 7. The molecule has 0 bridgehead atoms. The molecule has 1 N–H and O–H groups in total. The summed E-state index contributed by atoms with van der Waals surface area (Å²) in [5.74, 6) is 1.92. The summed E-state index contributed by atoms with van der Waals surface area (Å²) in [7, 11) is 2.34. The molecule has 2 fully saturated rings. The summed E-state index contributed by atoms with van der Waals surface area (Å²) in [4.78, 5) is 2.61. The molecule has 2 heteroatoms. The van der Waals surface area contributed by atoms with Crippen LogP contribution in [0.15, 0.2) is 0 Å². The van der Waals surface area contributed by atoms with Gasteiger partial charge in [0.25, 0.3) is 0 Å². The molecule has 2 saturated carbocycles. The first-order valence-corrected chi connectivity index (χ1v) is 8.71. The molecule has 19 heavy (non-hydrogen) atoms. The molecule has 2 aliphatic carbocycles. The normalized spacial score (nSPS) is 24.2. The van der Waals surface area contributed by atoms with Crippen LogP contribution in [0.2, 0.25) is 0 Å². The van der Waals surface area contributed by atoms with Crippen molar-refractivity contribution >= 4 is 0 Å². The average molecular weight is 266 g/mol. The minimum atomic E-state index is 0.733. The van der Waals surface area contributed by atoms with Crippen molar-refractivity contribution < 1.29 is 0 Å².